The van der Waals surface area contributed by atoms with Crippen LogP contribution in [0.15, 0.2) is 60.7 Å². The van der Waals surface area contributed by atoms with E-state index < -0.39 is 28.9 Å². The van der Waals surface area contributed by atoms with E-state index in [1.54, 1.807) is 17.0 Å². The molecule has 0 N–H and O–H groups in total. The summed E-state index contributed by atoms with van der Waals surface area (Å²) in [6.45, 7) is 6.16. The zero-order valence-electron chi connectivity index (χ0n) is 20.5. The van der Waals surface area contributed by atoms with E-state index in [4.69, 9.17) is 9.47 Å². The van der Waals surface area contributed by atoms with Crippen LogP contribution in [0.1, 0.15) is 43.9 Å². The van der Waals surface area contributed by atoms with Gasteiger partial charge in [-0.15, -0.1) is 13.2 Å². The number of hydrogen-bond donors (Lipinski definition) is 0. The monoisotopic (exact) mass is 515 g/mol. The van der Waals surface area contributed by atoms with Crippen molar-refractivity contribution in [3.63, 3.8) is 0 Å². The van der Waals surface area contributed by atoms with Gasteiger partial charge in [-0.2, -0.15) is 0 Å². The lowest BCUT2D eigenvalue weighted by Gasteiger charge is -2.43. The van der Waals surface area contributed by atoms with Crippen LogP contribution >= 0.6 is 0 Å². The standard InChI is InChI=1S/C28H25F4NO4/c1-4-35-18-10-11-20-24(14-18)36-26(2,3)16-27(20)19-7-5-6-8-22(19)33(25(27)34)15-17-9-12-23(21(29)13-17)37-28(30,31)32/h5-14H,4,15-16H2,1-3H3/t27-/m1/s1. The highest BCUT2D eigenvalue weighted by molar-refractivity contribution is 6.11. The third-order valence-corrected chi connectivity index (χ3v) is 6.63. The van der Waals surface area contributed by atoms with Gasteiger partial charge < -0.3 is 19.1 Å². The fraction of sp³-hybridized carbons (Fsp3) is 0.321. The fourth-order valence-electron chi connectivity index (χ4n) is 5.41. The highest BCUT2D eigenvalue weighted by Gasteiger charge is 2.58. The summed E-state index contributed by atoms with van der Waals surface area (Å²) in [5, 5.41) is 0. The topological polar surface area (TPSA) is 48.0 Å². The number of amides is 1. The number of halogens is 4. The van der Waals surface area contributed by atoms with Crippen LogP contribution in [0, 0.1) is 5.82 Å². The van der Waals surface area contributed by atoms with E-state index in [0.717, 1.165) is 17.7 Å². The summed E-state index contributed by atoms with van der Waals surface area (Å²) in [5.74, 6) is -1.13. The van der Waals surface area contributed by atoms with Crippen LogP contribution in [0.5, 0.6) is 17.2 Å². The second-order valence-electron chi connectivity index (χ2n) is 9.76. The van der Waals surface area contributed by atoms with E-state index in [1.165, 1.54) is 6.07 Å². The van der Waals surface area contributed by atoms with Gasteiger partial charge in [-0.25, -0.2) is 4.39 Å². The largest absolute Gasteiger partial charge is 0.573 e. The van der Waals surface area contributed by atoms with E-state index in [1.807, 2.05) is 51.1 Å². The van der Waals surface area contributed by atoms with Crippen LogP contribution in [-0.4, -0.2) is 24.5 Å². The first-order valence-electron chi connectivity index (χ1n) is 11.9. The Morgan fingerprint density at radius 3 is 2.49 bits per heavy atom. The molecule has 2 aliphatic rings. The molecule has 1 amide bonds. The van der Waals surface area contributed by atoms with Crippen LogP contribution in [0.3, 0.4) is 0 Å². The Bertz CT molecular complexity index is 1370. The molecule has 194 valence electrons. The van der Waals surface area contributed by atoms with Crippen molar-refractivity contribution in [2.45, 2.75) is 51.1 Å². The molecule has 0 unspecified atom stereocenters. The first-order chi connectivity index (χ1) is 17.4. The Labute approximate surface area is 211 Å². The number of carbonyl (C=O) groups is 1. The molecule has 1 spiro atoms. The second kappa shape index (κ2) is 8.68. The second-order valence-corrected chi connectivity index (χ2v) is 9.76. The molecular formula is C28H25F4NO4. The van der Waals surface area contributed by atoms with Gasteiger partial charge in [-0.05, 0) is 56.2 Å². The van der Waals surface area contributed by atoms with Gasteiger partial charge in [0.25, 0.3) is 0 Å². The Hall–Kier alpha value is -3.75. The number of carbonyl (C=O) groups excluding carboxylic acids is 1. The Balaban J connectivity index is 1.58. The van der Waals surface area contributed by atoms with E-state index in [9.17, 15) is 22.4 Å². The molecule has 1 atom stereocenters. The lowest BCUT2D eigenvalue weighted by atomic mass is 9.67. The Morgan fingerprint density at radius 1 is 1.03 bits per heavy atom. The van der Waals surface area contributed by atoms with Crippen molar-refractivity contribution in [3.05, 3.63) is 83.2 Å². The smallest absolute Gasteiger partial charge is 0.494 e. The first kappa shape index (κ1) is 24.9. The minimum atomic E-state index is -5.01. The van der Waals surface area contributed by atoms with Gasteiger partial charge in [0.15, 0.2) is 11.6 Å². The maximum atomic E-state index is 14.4. The average molecular weight is 516 g/mol. The molecule has 0 bridgehead atoms. The van der Waals surface area contributed by atoms with Crippen molar-refractivity contribution in [2.24, 2.45) is 0 Å². The maximum Gasteiger partial charge on any atom is 0.573 e. The fourth-order valence-corrected chi connectivity index (χ4v) is 5.41. The lowest BCUT2D eigenvalue weighted by molar-refractivity contribution is -0.275. The molecule has 0 fully saturated rings. The van der Waals surface area contributed by atoms with Crippen LogP contribution in [-0.2, 0) is 16.8 Å². The van der Waals surface area contributed by atoms with Crippen LogP contribution < -0.4 is 19.1 Å². The number of benzene rings is 3. The van der Waals surface area contributed by atoms with Gasteiger partial charge in [-0.1, -0.05) is 30.3 Å². The Morgan fingerprint density at radius 2 is 1.78 bits per heavy atom. The van der Waals surface area contributed by atoms with Crippen LogP contribution in [0.25, 0.3) is 0 Å². The number of alkyl halides is 3. The van der Waals surface area contributed by atoms with Crippen molar-refractivity contribution >= 4 is 11.6 Å². The van der Waals surface area contributed by atoms with Crippen LogP contribution in [0.2, 0.25) is 0 Å². The summed E-state index contributed by atoms with van der Waals surface area (Å²) in [4.78, 5) is 15.9. The molecule has 2 heterocycles. The Kier molecular flexibility index (Phi) is 5.84. The van der Waals surface area contributed by atoms with Gasteiger partial charge in [0.05, 0.1) is 13.2 Å². The summed E-state index contributed by atoms with van der Waals surface area (Å²) in [6, 6.07) is 16.0. The molecule has 5 nitrogen and oxygen atoms in total. The molecule has 0 aliphatic carbocycles. The van der Waals surface area contributed by atoms with Gasteiger partial charge in [0, 0.05) is 23.7 Å². The summed E-state index contributed by atoms with van der Waals surface area (Å²) in [7, 11) is 0. The number of ether oxygens (including phenoxy) is 3. The van der Waals surface area contributed by atoms with Crippen molar-refractivity contribution in [1.82, 2.24) is 0 Å². The van der Waals surface area contributed by atoms with Gasteiger partial charge in [0.2, 0.25) is 5.91 Å². The number of nitrogens with zero attached hydrogens (tertiary/aromatic N) is 1. The highest BCUT2D eigenvalue weighted by atomic mass is 19.4. The highest BCUT2D eigenvalue weighted by Crippen LogP contribution is 2.56. The molecule has 9 heteroatoms. The lowest BCUT2D eigenvalue weighted by Crippen LogP contribution is -2.50. The minimum absolute atomic E-state index is 0.0333. The SMILES string of the molecule is CCOc1ccc2c(c1)OC(C)(C)C[C@]21C(=O)N(Cc2ccc(OC(F)(F)F)c(F)c2)c2ccccc21. The van der Waals surface area contributed by atoms with E-state index in [2.05, 4.69) is 4.74 Å². The zero-order valence-corrected chi connectivity index (χ0v) is 20.5. The molecular weight excluding hydrogens is 490 g/mol. The first-order valence-corrected chi connectivity index (χ1v) is 11.9. The third-order valence-electron chi connectivity index (χ3n) is 6.63. The van der Waals surface area contributed by atoms with E-state index >= 15 is 0 Å². The van der Waals surface area contributed by atoms with Gasteiger partial charge in [-0.3, -0.25) is 4.79 Å². The minimum Gasteiger partial charge on any atom is -0.494 e. The van der Waals surface area contributed by atoms with Crippen molar-refractivity contribution in [3.8, 4) is 17.2 Å². The normalized spacial score (nSPS) is 19.9. The molecule has 3 aromatic rings. The average Bonchev–Trinajstić information content (AvgIpc) is 3.02. The summed E-state index contributed by atoms with van der Waals surface area (Å²) >= 11 is 0. The van der Waals surface area contributed by atoms with Crippen molar-refractivity contribution in [1.29, 1.82) is 0 Å². The maximum absolute atomic E-state index is 14.4. The van der Waals surface area contributed by atoms with Crippen LogP contribution in [0.4, 0.5) is 23.2 Å². The summed E-state index contributed by atoms with van der Waals surface area (Å²) < 4.78 is 67.8. The molecule has 3 aromatic carbocycles. The molecule has 0 radical (unpaired) electrons. The molecule has 0 aromatic heterocycles. The number of rotatable bonds is 5. The number of anilines is 1. The van der Waals surface area contributed by atoms with Gasteiger partial charge in [0.1, 0.15) is 22.5 Å². The van der Waals surface area contributed by atoms with E-state index in [-0.39, 0.29) is 12.5 Å². The number of hydrogen-bond acceptors (Lipinski definition) is 4. The predicted octanol–water partition coefficient (Wildman–Crippen LogP) is 6.52. The number of para-hydroxylation sites is 1. The van der Waals surface area contributed by atoms with Crippen molar-refractivity contribution in [2.75, 3.05) is 11.5 Å². The molecule has 0 saturated heterocycles. The quantitative estimate of drug-likeness (QED) is 0.363. The molecule has 37 heavy (non-hydrogen) atoms. The van der Waals surface area contributed by atoms with Gasteiger partial charge >= 0.3 is 6.36 Å². The zero-order chi connectivity index (χ0) is 26.6. The van der Waals surface area contributed by atoms with Crippen molar-refractivity contribution < 1.29 is 36.6 Å². The summed E-state index contributed by atoms with van der Waals surface area (Å²) in [5.41, 5.74) is 0.719. The summed E-state index contributed by atoms with van der Waals surface area (Å²) in [6.07, 6.45) is -4.65. The molecule has 5 rings (SSSR count). The number of fused-ring (bicyclic) bond motifs is 4. The van der Waals surface area contributed by atoms with E-state index in [0.29, 0.717) is 41.3 Å². The third kappa shape index (κ3) is 4.36. The predicted molar refractivity (Wildman–Crippen MR) is 128 cm³/mol. The molecule has 0 saturated carbocycles. The molecule has 2 aliphatic heterocycles.